The topological polar surface area (TPSA) is 78.9 Å². The third kappa shape index (κ3) is 3.70. The molecule has 0 atom stereocenters. The SMILES string of the molecule is CS/C(Nc1cccc(Cl)c1)=C(/C#N)C(N)=O. The number of hydrogen-bond donors (Lipinski definition) is 2. The van der Waals surface area contributed by atoms with Crippen LogP contribution in [0.4, 0.5) is 5.69 Å². The largest absolute Gasteiger partial charge is 0.365 e. The van der Waals surface area contributed by atoms with E-state index in [1.165, 1.54) is 11.8 Å². The molecule has 0 spiro atoms. The van der Waals surface area contributed by atoms with E-state index in [2.05, 4.69) is 5.32 Å². The molecular weight excluding hydrogens is 258 g/mol. The molecule has 0 aliphatic rings. The van der Waals surface area contributed by atoms with Gasteiger partial charge < -0.3 is 11.1 Å². The van der Waals surface area contributed by atoms with Gasteiger partial charge in [0.2, 0.25) is 0 Å². The van der Waals surface area contributed by atoms with Gasteiger partial charge in [0, 0.05) is 10.7 Å². The van der Waals surface area contributed by atoms with Gasteiger partial charge in [0.1, 0.15) is 11.6 Å². The van der Waals surface area contributed by atoms with Gasteiger partial charge in [-0.25, -0.2) is 0 Å². The number of nitriles is 1. The van der Waals surface area contributed by atoms with Crippen LogP contribution in [0.1, 0.15) is 0 Å². The first-order valence-electron chi connectivity index (χ1n) is 4.59. The van der Waals surface area contributed by atoms with E-state index in [0.29, 0.717) is 15.7 Å². The summed E-state index contributed by atoms with van der Waals surface area (Å²) < 4.78 is 0. The summed E-state index contributed by atoms with van der Waals surface area (Å²) in [5.74, 6) is -0.758. The number of hydrogen-bond acceptors (Lipinski definition) is 4. The second-order valence-corrected chi connectivity index (χ2v) is 4.27. The first-order valence-corrected chi connectivity index (χ1v) is 6.19. The lowest BCUT2D eigenvalue weighted by Crippen LogP contribution is -2.16. The number of amides is 1. The Morgan fingerprint density at radius 3 is 2.76 bits per heavy atom. The zero-order chi connectivity index (χ0) is 12.8. The number of primary amides is 1. The molecule has 0 radical (unpaired) electrons. The summed E-state index contributed by atoms with van der Waals surface area (Å²) >= 11 is 7.06. The van der Waals surface area contributed by atoms with E-state index in [4.69, 9.17) is 22.6 Å². The number of carbonyl (C=O) groups is 1. The normalized spacial score (nSPS) is 11.4. The van der Waals surface area contributed by atoms with Crippen molar-refractivity contribution in [1.82, 2.24) is 0 Å². The highest BCUT2D eigenvalue weighted by molar-refractivity contribution is 8.02. The number of nitrogens with two attached hydrogens (primary N) is 1. The summed E-state index contributed by atoms with van der Waals surface area (Å²) in [7, 11) is 0. The average Bonchev–Trinajstić information content (AvgIpc) is 2.28. The van der Waals surface area contributed by atoms with Gasteiger partial charge in [0.15, 0.2) is 0 Å². The van der Waals surface area contributed by atoms with Crippen LogP contribution in [-0.2, 0) is 4.79 Å². The molecular formula is C11H10ClN3OS. The number of nitrogens with one attached hydrogen (secondary N) is 1. The van der Waals surface area contributed by atoms with Crippen LogP contribution in [0.25, 0.3) is 0 Å². The summed E-state index contributed by atoms with van der Waals surface area (Å²) in [4.78, 5) is 11.1. The summed E-state index contributed by atoms with van der Waals surface area (Å²) in [5, 5.41) is 12.7. The number of nitrogens with zero attached hydrogens (tertiary/aromatic N) is 1. The maximum atomic E-state index is 11.1. The number of halogens is 1. The minimum absolute atomic E-state index is 0.0996. The first-order chi connectivity index (χ1) is 8.08. The van der Waals surface area contributed by atoms with Gasteiger partial charge in [-0.1, -0.05) is 17.7 Å². The molecule has 17 heavy (non-hydrogen) atoms. The van der Waals surface area contributed by atoms with E-state index < -0.39 is 5.91 Å². The molecule has 1 aromatic carbocycles. The molecule has 0 heterocycles. The standard InChI is InChI=1S/C11H10ClN3OS/c1-17-11(9(6-13)10(14)16)15-8-4-2-3-7(12)5-8/h2-5,15H,1H3,(H2,14,16)/b11-9-. The fraction of sp³-hybridized carbons (Fsp3) is 0.0909. The zero-order valence-electron chi connectivity index (χ0n) is 9.03. The highest BCUT2D eigenvalue weighted by atomic mass is 35.5. The number of rotatable bonds is 4. The number of carbonyl (C=O) groups excluding carboxylic acids is 1. The molecule has 0 fully saturated rings. The van der Waals surface area contributed by atoms with Crippen molar-refractivity contribution in [2.24, 2.45) is 5.73 Å². The Morgan fingerprint density at radius 2 is 2.29 bits per heavy atom. The van der Waals surface area contributed by atoms with Crippen LogP contribution in [0.5, 0.6) is 0 Å². The van der Waals surface area contributed by atoms with Gasteiger partial charge in [-0.05, 0) is 24.5 Å². The monoisotopic (exact) mass is 267 g/mol. The Labute approximate surface area is 108 Å². The van der Waals surface area contributed by atoms with E-state index >= 15 is 0 Å². The lowest BCUT2D eigenvalue weighted by Gasteiger charge is -2.09. The molecule has 6 heteroatoms. The predicted octanol–water partition coefficient (Wildman–Crippen LogP) is 2.34. The molecule has 0 bridgehead atoms. The highest BCUT2D eigenvalue weighted by Crippen LogP contribution is 2.22. The van der Waals surface area contributed by atoms with E-state index in [1.807, 2.05) is 0 Å². The summed E-state index contributed by atoms with van der Waals surface area (Å²) in [6.45, 7) is 0. The van der Waals surface area contributed by atoms with Crippen molar-refractivity contribution >= 4 is 35.0 Å². The van der Waals surface area contributed by atoms with E-state index in [1.54, 1.807) is 36.6 Å². The Hall–Kier alpha value is -1.64. The smallest absolute Gasteiger partial charge is 0.262 e. The second-order valence-electron chi connectivity index (χ2n) is 3.02. The summed E-state index contributed by atoms with van der Waals surface area (Å²) in [6, 6.07) is 8.73. The van der Waals surface area contributed by atoms with E-state index in [-0.39, 0.29) is 5.57 Å². The van der Waals surface area contributed by atoms with Crippen molar-refractivity contribution in [3.05, 3.63) is 39.9 Å². The van der Waals surface area contributed by atoms with Crippen molar-refractivity contribution < 1.29 is 4.79 Å². The number of anilines is 1. The van der Waals surface area contributed by atoms with E-state index in [9.17, 15) is 4.79 Å². The molecule has 0 saturated carbocycles. The van der Waals surface area contributed by atoms with Crippen LogP contribution < -0.4 is 11.1 Å². The predicted molar refractivity (Wildman–Crippen MR) is 70.4 cm³/mol. The van der Waals surface area contributed by atoms with Gasteiger partial charge in [0.25, 0.3) is 5.91 Å². The Balaban J connectivity index is 3.06. The minimum Gasteiger partial charge on any atom is -0.365 e. The second kappa shape index (κ2) is 6.18. The molecule has 3 N–H and O–H groups in total. The third-order valence-corrected chi connectivity index (χ3v) is 2.82. The van der Waals surface area contributed by atoms with Crippen molar-refractivity contribution in [2.75, 3.05) is 11.6 Å². The Kier molecular flexibility index (Phi) is 4.88. The molecule has 88 valence electrons. The summed E-state index contributed by atoms with van der Waals surface area (Å²) in [6.07, 6.45) is 1.74. The average molecular weight is 268 g/mol. The lowest BCUT2D eigenvalue weighted by molar-refractivity contribution is -0.114. The molecule has 0 unspecified atom stereocenters. The van der Waals surface area contributed by atoms with Crippen molar-refractivity contribution in [3.63, 3.8) is 0 Å². The van der Waals surface area contributed by atoms with Crippen LogP contribution in [0.15, 0.2) is 34.9 Å². The first kappa shape index (κ1) is 13.4. The molecule has 1 rings (SSSR count). The Morgan fingerprint density at radius 1 is 1.59 bits per heavy atom. The quantitative estimate of drug-likeness (QED) is 0.648. The molecule has 0 aliphatic carbocycles. The minimum atomic E-state index is -0.758. The van der Waals surface area contributed by atoms with Crippen LogP contribution >= 0.6 is 23.4 Å². The molecule has 0 aliphatic heterocycles. The fourth-order valence-electron chi connectivity index (χ4n) is 1.13. The number of benzene rings is 1. The molecule has 4 nitrogen and oxygen atoms in total. The van der Waals surface area contributed by atoms with Crippen molar-refractivity contribution in [2.45, 2.75) is 0 Å². The van der Waals surface area contributed by atoms with Gasteiger partial charge in [-0.3, -0.25) is 4.79 Å². The van der Waals surface area contributed by atoms with Crippen LogP contribution in [-0.4, -0.2) is 12.2 Å². The van der Waals surface area contributed by atoms with Gasteiger partial charge in [0.05, 0.1) is 5.03 Å². The molecule has 1 aromatic rings. The highest BCUT2D eigenvalue weighted by Gasteiger charge is 2.11. The van der Waals surface area contributed by atoms with Crippen molar-refractivity contribution in [3.8, 4) is 6.07 Å². The van der Waals surface area contributed by atoms with Gasteiger partial charge >= 0.3 is 0 Å². The third-order valence-electron chi connectivity index (χ3n) is 1.87. The molecule has 0 saturated heterocycles. The summed E-state index contributed by atoms with van der Waals surface area (Å²) in [5.41, 5.74) is 5.70. The maximum Gasteiger partial charge on any atom is 0.262 e. The fourth-order valence-corrected chi connectivity index (χ4v) is 1.89. The van der Waals surface area contributed by atoms with E-state index in [0.717, 1.165) is 0 Å². The maximum absolute atomic E-state index is 11.1. The molecule has 1 amide bonds. The van der Waals surface area contributed by atoms with Crippen LogP contribution in [0.3, 0.4) is 0 Å². The van der Waals surface area contributed by atoms with Gasteiger partial charge in [-0.2, -0.15) is 5.26 Å². The van der Waals surface area contributed by atoms with Crippen LogP contribution in [0.2, 0.25) is 5.02 Å². The van der Waals surface area contributed by atoms with Gasteiger partial charge in [-0.15, -0.1) is 11.8 Å². The zero-order valence-corrected chi connectivity index (χ0v) is 10.6. The Bertz CT molecular complexity index is 508. The number of thioether (sulfide) groups is 1. The van der Waals surface area contributed by atoms with Crippen LogP contribution in [0, 0.1) is 11.3 Å². The van der Waals surface area contributed by atoms with Crippen molar-refractivity contribution in [1.29, 1.82) is 5.26 Å². The lowest BCUT2D eigenvalue weighted by atomic mass is 10.3. The molecule has 0 aromatic heterocycles.